The number of fused-ring (bicyclic) bond motifs is 2. The van der Waals surface area contributed by atoms with Crippen molar-refractivity contribution >= 4 is 57.0 Å². The summed E-state index contributed by atoms with van der Waals surface area (Å²) in [7, 11) is 0. The lowest BCUT2D eigenvalue weighted by Gasteiger charge is -2.08. The molecule has 7 heteroatoms. The quantitative estimate of drug-likeness (QED) is 0.355. The lowest BCUT2D eigenvalue weighted by Crippen LogP contribution is -2.15. The molecule has 0 aliphatic carbocycles. The van der Waals surface area contributed by atoms with Gasteiger partial charge < -0.3 is 4.42 Å². The third kappa shape index (κ3) is 3.03. The molecular formula is C18H12Cl2N2O2S. The van der Waals surface area contributed by atoms with Crippen molar-refractivity contribution < 1.29 is 4.42 Å². The smallest absolute Gasteiger partial charge is 0.408 e. The van der Waals surface area contributed by atoms with Gasteiger partial charge in [0, 0.05) is 26.9 Å². The summed E-state index contributed by atoms with van der Waals surface area (Å²) >= 11 is 14.0. The Balaban J connectivity index is 1.82. The zero-order valence-electron chi connectivity index (χ0n) is 13.1. The molecule has 0 spiro atoms. The van der Waals surface area contributed by atoms with Gasteiger partial charge in [0.1, 0.15) is 5.15 Å². The van der Waals surface area contributed by atoms with Crippen LogP contribution in [0.15, 0.2) is 56.6 Å². The lowest BCUT2D eigenvalue weighted by molar-refractivity contribution is 0.517. The lowest BCUT2D eigenvalue weighted by atomic mass is 10.1. The van der Waals surface area contributed by atoms with E-state index in [0.29, 0.717) is 21.3 Å². The summed E-state index contributed by atoms with van der Waals surface area (Å²) in [5, 5.41) is 1.87. The molecule has 2 aromatic heterocycles. The van der Waals surface area contributed by atoms with Crippen LogP contribution in [0.1, 0.15) is 5.56 Å². The summed E-state index contributed by atoms with van der Waals surface area (Å²) in [6, 6.07) is 13.1. The number of nitrogens with zero attached hydrogens (tertiary/aromatic N) is 2. The molecule has 0 saturated heterocycles. The number of benzene rings is 2. The van der Waals surface area contributed by atoms with Gasteiger partial charge in [0.15, 0.2) is 5.58 Å². The standard InChI is InChI=1S/C18H12Cl2N2O2S/c1-25-13-4-2-10-6-11(17(20)21-14(10)8-13)9-22-15-5-3-12(19)7-16(15)24-18(22)23/h2-8H,9H2,1H3. The molecule has 4 aromatic rings. The van der Waals surface area contributed by atoms with Crippen LogP contribution in [0.4, 0.5) is 0 Å². The molecular weight excluding hydrogens is 379 g/mol. The Morgan fingerprint density at radius 2 is 2.00 bits per heavy atom. The molecule has 2 aromatic carbocycles. The minimum absolute atomic E-state index is 0.277. The fraction of sp³-hybridized carbons (Fsp3) is 0.111. The first-order valence-electron chi connectivity index (χ1n) is 7.47. The van der Waals surface area contributed by atoms with E-state index in [4.69, 9.17) is 27.6 Å². The van der Waals surface area contributed by atoms with E-state index in [2.05, 4.69) is 4.98 Å². The van der Waals surface area contributed by atoms with E-state index in [0.717, 1.165) is 21.4 Å². The summed E-state index contributed by atoms with van der Waals surface area (Å²) in [6.07, 6.45) is 2.01. The van der Waals surface area contributed by atoms with Crippen molar-refractivity contribution in [1.82, 2.24) is 9.55 Å². The number of aromatic nitrogens is 2. The van der Waals surface area contributed by atoms with Crippen molar-refractivity contribution in [3.05, 3.63) is 68.8 Å². The third-order valence-corrected chi connectivity index (χ3v) is 5.30. The Hall–Kier alpha value is -1.95. The average molecular weight is 391 g/mol. The minimum atomic E-state index is -0.453. The number of pyridine rings is 1. The Kier molecular flexibility index (Phi) is 4.23. The molecule has 0 N–H and O–H groups in total. The fourth-order valence-corrected chi connectivity index (χ4v) is 3.57. The van der Waals surface area contributed by atoms with Crippen LogP contribution in [-0.4, -0.2) is 15.8 Å². The van der Waals surface area contributed by atoms with Gasteiger partial charge in [0.05, 0.1) is 17.6 Å². The van der Waals surface area contributed by atoms with Crippen LogP contribution >= 0.6 is 35.0 Å². The molecule has 0 unspecified atom stereocenters. The Bertz CT molecular complexity index is 1170. The third-order valence-electron chi connectivity index (χ3n) is 4.01. The van der Waals surface area contributed by atoms with Gasteiger partial charge in [-0.25, -0.2) is 9.78 Å². The number of rotatable bonds is 3. The van der Waals surface area contributed by atoms with Gasteiger partial charge in [-0.05, 0) is 36.6 Å². The van der Waals surface area contributed by atoms with Crippen molar-refractivity contribution in [3.63, 3.8) is 0 Å². The van der Waals surface area contributed by atoms with E-state index >= 15 is 0 Å². The van der Waals surface area contributed by atoms with Crippen LogP contribution in [-0.2, 0) is 6.54 Å². The second-order valence-corrected chi connectivity index (χ2v) is 7.24. The Morgan fingerprint density at radius 3 is 2.80 bits per heavy atom. The van der Waals surface area contributed by atoms with Crippen molar-refractivity contribution in [1.29, 1.82) is 0 Å². The first kappa shape index (κ1) is 16.5. The molecule has 0 fully saturated rings. The van der Waals surface area contributed by atoms with Crippen LogP contribution < -0.4 is 5.76 Å². The van der Waals surface area contributed by atoms with Crippen molar-refractivity contribution in [2.24, 2.45) is 0 Å². The van der Waals surface area contributed by atoms with E-state index in [-0.39, 0.29) is 6.54 Å². The fourth-order valence-electron chi connectivity index (χ4n) is 2.77. The molecule has 0 atom stereocenters. The largest absolute Gasteiger partial charge is 0.420 e. The first-order chi connectivity index (χ1) is 12.0. The molecule has 0 amide bonds. The average Bonchev–Trinajstić information content (AvgIpc) is 2.89. The summed E-state index contributed by atoms with van der Waals surface area (Å²) in [5.74, 6) is -0.453. The topological polar surface area (TPSA) is 48.0 Å². The SMILES string of the molecule is CSc1ccc2cc(Cn3c(=O)oc4cc(Cl)ccc43)c(Cl)nc2c1. The number of oxazole rings is 1. The maximum atomic E-state index is 12.2. The number of hydrogen-bond donors (Lipinski definition) is 0. The number of halogens is 2. The van der Waals surface area contributed by atoms with Gasteiger partial charge in [-0.2, -0.15) is 0 Å². The van der Waals surface area contributed by atoms with E-state index < -0.39 is 5.76 Å². The van der Waals surface area contributed by atoms with Crippen LogP contribution in [0.3, 0.4) is 0 Å². The van der Waals surface area contributed by atoms with Crippen LogP contribution in [0.25, 0.3) is 22.0 Å². The molecule has 0 radical (unpaired) electrons. The van der Waals surface area contributed by atoms with Gasteiger partial charge in [0.2, 0.25) is 0 Å². The molecule has 126 valence electrons. The zero-order valence-corrected chi connectivity index (χ0v) is 15.5. The molecule has 0 aliphatic heterocycles. The van der Waals surface area contributed by atoms with Crippen LogP contribution in [0, 0.1) is 0 Å². The molecule has 0 bridgehead atoms. The number of hydrogen-bond acceptors (Lipinski definition) is 4. The summed E-state index contributed by atoms with van der Waals surface area (Å²) in [5.41, 5.74) is 2.71. The van der Waals surface area contributed by atoms with Gasteiger partial charge in [0.25, 0.3) is 0 Å². The van der Waals surface area contributed by atoms with Crippen molar-refractivity contribution in [3.8, 4) is 0 Å². The second-order valence-electron chi connectivity index (χ2n) is 5.56. The van der Waals surface area contributed by atoms with Crippen LogP contribution in [0.5, 0.6) is 0 Å². The first-order valence-corrected chi connectivity index (χ1v) is 9.45. The summed E-state index contributed by atoms with van der Waals surface area (Å²) in [6.45, 7) is 0.277. The molecule has 4 rings (SSSR count). The summed E-state index contributed by atoms with van der Waals surface area (Å²) < 4.78 is 6.79. The normalized spacial score (nSPS) is 11.5. The molecule has 4 nitrogen and oxygen atoms in total. The van der Waals surface area contributed by atoms with E-state index in [1.54, 1.807) is 30.0 Å². The highest BCUT2D eigenvalue weighted by Crippen LogP contribution is 2.26. The van der Waals surface area contributed by atoms with Gasteiger partial charge in [-0.1, -0.05) is 29.3 Å². The van der Waals surface area contributed by atoms with E-state index in [1.807, 2.05) is 30.5 Å². The van der Waals surface area contributed by atoms with E-state index in [1.165, 1.54) is 4.57 Å². The van der Waals surface area contributed by atoms with Gasteiger partial charge in [-0.3, -0.25) is 4.57 Å². The highest BCUT2D eigenvalue weighted by atomic mass is 35.5. The maximum absolute atomic E-state index is 12.2. The predicted molar refractivity (Wildman–Crippen MR) is 103 cm³/mol. The van der Waals surface area contributed by atoms with Gasteiger partial charge >= 0.3 is 5.76 Å². The predicted octanol–water partition coefficient (Wildman–Crippen LogP) is 5.22. The zero-order chi connectivity index (χ0) is 17.6. The Labute approximate surface area is 157 Å². The van der Waals surface area contributed by atoms with Crippen molar-refractivity contribution in [2.45, 2.75) is 11.4 Å². The Morgan fingerprint density at radius 1 is 1.16 bits per heavy atom. The monoisotopic (exact) mass is 390 g/mol. The molecule has 0 saturated carbocycles. The summed E-state index contributed by atoms with van der Waals surface area (Å²) in [4.78, 5) is 17.8. The number of thioether (sulfide) groups is 1. The maximum Gasteiger partial charge on any atom is 0.420 e. The van der Waals surface area contributed by atoms with E-state index in [9.17, 15) is 4.79 Å². The second kappa shape index (κ2) is 6.41. The van der Waals surface area contributed by atoms with Gasteiger partial charge in [-0.15, -0.1) is 11.8 Å². The highest BCUT2D eigenvalue weighted by molar-refractivity contribution is 7.98. The molecule has 25 heavy (non-hydrogen) atoms. The molecule has 0 aliphatic rings. The molecule has 2 heterocycles. The van der Waals surface area contributed by atoms with Crippen molar-refractivity contribution in [2.75, 3.05) is 6.26 Å². The highest BCUT2D eigenvalue weighted by Gasteiger charge is 2.13. The van der Waals surface area contributed by atoms with Crippen LogP contribution in [0.2, 0.25) is 10.2 Å². The minimum Gasteiger partial charge on any atom is -0.408 e.